The lowest BCUT2D eigenvalue weighted by Gasteiger charge is -2.15. The number of halogens is 3. The van der Waals surface area contributed by atoms with Crippen LogP contribution in [0.5, 0.6) is 0 Å². The summed E-state index contributed by atoms with van der Waals surface area (Å²) in [6.45, 7) is -0.309. The predicted molar refractivity (Wildman–Crippen MR) is 76.0 cm³/mol. The van der Waals surface area contributed by atoms with Crippen LogP contribution in [0.25, 0.3) is 0 Å². The van der Waals surface area contributed by atoms with Crippen LogP contribution >= 0.6 is 34.8 Å². The first-order chi connectivity index (χ1) is 8.28. The van der Waals surface area contributed by atoms with Crippen LogP contribution in [-0.2, 0) is 4.74 Å². The van der Waals surface area contributed by atoms with E-state index in [1.54, 1.807) is 12.1 Å². The number of anilines is 2. The minimum atomic E-state index is -1.61. The number of nitrogens with zero attached hydrogens (tertiary/aromatic N) is 1. The van der Waals surface area contributed by atoms with Crippen molar-refractivity contribution >= 4 is 52.3 Å². The molecule has 1 N–H and O–H groups in total. The van der Waals surface area contributed by atoms with E-state index in [4.69, 9.17) is 39.5 Å². The number of hydrogen-bond acceptors (Lipinski definition) is 3. The number of carbonyl (C=O) groups is 1. The molecular weight excluding hydrogens is 298 g/mol. The smallest absolute Gasteiger partial charge is 0.411 e. The Labute approximate surface area is 121 Å². The Morgan fingerprint density at radius 1 is 1.39 bits per heavy atom. The molecule has 0 bridgehead atoms. The van der Waals surface area contributed by atoms with Gasteiger partial charge in [-0.05, 0) is 18.2 Å². The van der Waals surface area contributed by atoms with Crippen LogP contribution in [0.1, 0.15) is 0 Å². The molecule has 0 saturated carbocycles. The summed E-state index contributed by atoms with van der Waals surface area (Å²) in [6.07, 6.45) is -0.669. The standard InChI is InChI=1S/C11H13Cl3N2O2/c1-16(2)9-5-3-4-8(6-9)15-10(17)18-7-11(12,13)14/h3-6H,7H2,1-2H3,(H,15,17). The van der Waals surface area contributed by atoms with Crippen molar-refractivity contribution in [2.45, 2.75) is 3.79 Å². The lowest BCUT2D eigenvalue weighted by atomic mass is 10.2. The molecule has 0 aromatic heterocycles. The molecule has 1 aromatic carbocycles. The molecule has 0 saturated heterocycles. The number of amides is 1. The zero-order valence-electron chi connectivity index (χ0n) is 9.91. The van der Waals surface area contributed by atoms with Gasteiger partial charge < -0.3 is 9.64 Å². The minimum Gasteiger partial charge on any atom is -0.445 e. The molecule has 1 amide bonds. The van der Waals surface area contributed by atoms with Gasteiger partial charge in [-0.2, -0.15) is 0 Å². The van der Waals surface area contributed by atoms with E-state index in [9.17, 15) is 4.79 Å². The molecule has 0 aliphatic rings. The maximum absolute atomic E-state index is 11.4. The van der Waals surface area contributed by atoms with Crippen LogP contribution in [0.4, 0.5) is 16.2 Å². The third-order valence-corrected chi connectivity index (χ3v) is 2.30. The van der Waals surface area contributed by atoms with Crippen molar-refractivity contribution in [3.8, 4) is 0 Å². The average Bonchev–Trinajstić information content (AvgIpc) is 2.26. The Morgan fingerprint density at radius 2 is 2.06 bits per heavy atom. The third-order valence-electron chi connectivity index (χ3n) is 1.98. The molecule has 0 unspecified atom stereocenters. The lowest BCUT2D eigenvalue weighted by Crippen LogP contribution is -2.21. The van der Waals surface area contributed by atoms with E-state index in [1.807, 2.05) is 31.1 Å². The second-order valence-corrected chi connectivity index (χ2v) is 6.28. The first-order valence-corrected chi connectivity index (χ1v) is 6.19. The summed E-state index contributed by atoms with van der Waals surface area (Å²) in [7, 11) is 3.81. The molecule has 0 atom stereocenters. The van der Waals surface area contributed by atoms with Crippen molar-refractivity contribution in [2.75, 3.05) is 30.9 Å². The fraction of sp³-hybridized carbons (Fsp3) is 0.364. The number of nitrogens with one attached hydrogen (secondary N) is 1. The maximum atomic E-state index is 11.4. The average molecular weight is 312 g/mol. The van der Waals surface area contributed by atoms with Crippen molar-refractivity contribution < 1.29 is 9.53 Å². The molecule has 18 heavy (non-hydrogen) atoms. The van der Waals surface area contributed by atoms with Crippen molar-refractivity contribution in [3.05, 3.63) is 24.3 Å². The first-order valence-electron chi connectivity index (χ1n) is 5.06. The molecule has 0 fully saturated rings. The summed E-state index contributed by atoms with van der Waals surface area (Å²) in [4.78, 5) is 13.3. The highest BCUT2D eigenvalue weighted by atomic mass is 35.6. The predicted octanol–water partition coefficient (Wildman–Crippen LogP) is 3.67. The molecule has 100 valence electrons. The van der Waals surface area contributed by atoms with Crippen molar-refractivity contribution in [2.24, 2.45) is 0 Å². The topological polar surface area (TPSA) is 41.6 Å². The number of alkyl halides is 3. The molecule has 4 nitrogen and oxygen atoms in total. The largest absolute Gasteiger partial charge is 0.445 e. The number of rotatable bonds is 3. The summed E-state index contributed by atoms with van der Waals surface area (Å²) < 4.78 is 3.14. The van der Waals surface area contributed by atoms with Gasteiger partial charge in [0.15, 0.2) is 0 Å². The first kappa shape index (κ1) is 15.2. The Balaban J connectivity index is 2.57. The van der Waals surface area contributed by atoms with Gasteiger partial charge in [0.2, 0.25) is 3.79 Å². The van der Waals surface area contributed by atoms with Crippen LogP contribution in [0, 0.1) is 0 Å². The normalized spacial score (nSPS) is 10.9. The van der Waals surface area contributed by atoms with E-state index in [2.05, 4.69) is 5.32 Å². The number of benzene rings is 1. The van der Waals surface area contributed by atoms with Gasteiger partial charge in [-0.1, -0.05) is 40.9 Å². The monoisotopic (exact) mass is 310 g/mol. The summed E-state index contributed by atoms with van der Waals surface area (Å²) in [5.41, 5.74) is 1.56. The van der Waals surface area contributed by atoms with E-state index in [1.165, 1.54) is 0 Å². The highest BCUT2D eigenvalue weighted by Gasteiger charge is 2.22. The molecule has 0 radical (unpaired) electrons. The lowest BCUT2D eigenvalue weighted by molar-refractivity contribution is 0.164. The van der Waals surface area contributed by atoms with Crippen LogP contribution in [-0.4, -0.2) is 30.6 Å². The van der Waals surface area contributed by atoms with Gasteiger partial charge in [-0.15, -0.1) is 0 Å². The van der Waals surface area contributed by atoms with Gasteiger partial charge >= 0.3 is 6.09 Å². The Morgan fingerprint density at radius 3 is 2.61 bits per heavy atom. The number of ether oxygens (including phenoxy) is 1. The van der Waals surface area contributed by atoms with E-state index in [-0.39, 0.29) is 6.61 Å². The van der Waals surface area contributed by atoms with Crippen LogP contribution in [0.15, 0.2) is 24.3 Å². The Bertz CT molecular complexity index is 419. The summed E-state index contributed by atoms with van der Waals surface area (Å²) in [5.74, 6) is 0. The van der Waals surface area contributed by atoms with Gasteiger partial charge in [0.05, 0.1) is 0 Å². The minimum absolute atomic E-state index is 0.309. The molecule has 0 heterocycles. The van der Waals surface area contributed by atoms with E-state index < -0.39 is 9.89 Å². The summed E-state index contributed by atoms with van der Waals surface area (Å²) >= 11 is 16.4. The maximum Gasteiger partial charge on any atom is 0.411 e. The highest BCUT2D eigenvalue weighted by Crippen LogP contribution is 2.26. The zero-order valence-corrected chi connectivity index (χ0v) is 12.2. The van der Waals surface area contributed by atoms with Crippen LogP contribution < -0.4 is 10.2 Å². The summed E-state index contributed by atoms with van der Waals surface area (Å²) in [5, 5.41) is 2.55. The summed E-state index contributed by atoms with van der Waals surface area (Å²) in [6, 6.07) is 7.28. The van der Waals surface area contributed by atoms with Gasteiger partial charge in [0.1, 0.15) is 6.61 Å². The SMILES string of the molecule is CN(C)c1cccc(NC(=O)OCC(Cl)(Cl)Cl)c1. The Hall–Kier alpha value is -0.840. The van der Waals surface area contributed by atoms with Gasteiger partial charge in [0, 0.05) is 25.5 Å². The van der Waals surface area contributed by atoms with Gasteiger partial charge in [-0.3, -0.25) is 5.32 Å². The molecular formula is C11H13Cl3N2O2. The quantitative estimate of drug-likeness (QED) is 0.866. The van der Waals surface area contributed by atoms with Crippen molar-refractivity contribution in [3.63, 3.8) is 0 Å². The highest BCUT2D eigenvalue weighted by molar-refractivity contribution is 6.67. The van der Waals surface area contributed by atoms with Gasteiger partial charge in [-0.25, -0.2) is 4.79 Å². The van der Waals surface area contributed by atoms with Gasteiger partial charge in [0.25, 0.3) is 0 Å². The van der Waals surface area contributed by atoms with Crippen molar-refractivity contribution in [1.82, 2.24) is 0 Å². The van der Waals surface area contributed by atoms with Crippen LogP contribution in [0.3, 0.4) is 0 Å². The molecule has 1 aromatic rings. The zero-order chi connectivity index (χ0) is 13.8. The second kappa shape index (κ2) is 6.36. The molecule has 1 rings (SSSR count). The van der Waals surface area contributed by atoms with E-state index in [0.29, 0.717) is 5.69 Å². The molecule has 0 aliphatic carbocycles. The molecule has 7 heteroatoms. The van der Waals surface area contributed by atoms with E-state index >= 15 is 0 Å². The third kappa shape index (κ3) is 5.67. The fourth-order valence-corrected chi connectivity index (χ4v) is 1.33. The second-order valence-electron chi connectivity index (χ2n) is 3.76. The Kier molecular flexibility index (Phi) is 5.38. The van der Waals surface area contributed by atoms with E-state index in [0.717, 1.165) is 5.69 Å². The number of hydrogen-bond donors (Lipinski definition) is 1. The van der Waals surface area contributed by atoms with Crippen molar-refractivity contribution in [1.29, 1.82) is 0 Å². The number of carbonyl (C=O) groups excluding carboxylic acids is 1. The molecule has 0 aliphatic heterocycles. The van der Waals surface area contributed by atoms with Crippen LogP contribution in [0.2, 0.25) is 0 Å². The fourth-order valence-electron chi connectivity index (χ4n) is 1.16. The molecule has 0 spiro atoms.